The number of hydrogen-bond acceptors (Lipinski definition) is 2. The van der Waals surface area contributed by atoms with E-state index in [1.807, 2.05) is 19.2 Å². The summed E-state index contributed by atoms with van der Waals surface area (Å²) in [7, 11) is 1.83. The van der Waals surface area contributed by atoms with E-state index in [4.69, 9.17) is 0 Å². The smallest absolute Gasteiger partial charge is 0.191 e. The van der Waals surface area contributed by atoms with Gasteiger partial charge in [-0.2, -0.15) is 0 Å². The van der Waals surface area contributed by atoms with Crippen molar-refractivity contribution in [3.8, 4) is 0 Å². The Morgan fingerprint density at radius 3 is 2.55 bits per heavy atom. The van der Waals surface area contributed by atoms with Gasteiger partial charge in [0.2, 0.25) is 0 Å². The molecule has 2 N–H and O–H groups in total. The van der Waals surface area contributed by atoms with Crippen LogP contribution in [0.2, 0.25) is 0 Å². The van der Waals surface area contributed by atoms with Gasteiger partial charge >= 0.3 is 0 Å². The molecule has 22 heavy (non-hydrogen) atoms. The molecule has 5 nitrogen and oxygen atoms in total. The van der Waals surface area contributed by atoms with Gasteiger partial charge in [-0.25, -0.2) is 0 Å². The van der Waals surface area contributed by atoms with E-state index in [-0.39, 0.29) is 0 Å². The molecule has 5 heteroatoms. The second-order valence-electron chi connectivity index (χ2n) is 6.37. The molecule has 1 aliphatic rings. The summed E-state index contributed by atoms with van der Waals surface area (Å²) in [6, 6.07) is 4.65. The number of nitrogens with zero attached hydrogens (tertiary/aromatic N) is 3. The van der Waals surface area contributed by atoms with Gasteiger partial charge < -0.3 is 15.2 Å². The molecule has 1 atom stereocenters. The first-order chi connectivity index (χ1) is 10.7. The number of guanidine groups is 1. The minimum atomic E-state index is 0.551. The molecule has 0 amide bonds. The maximum Gasteiger partial charge on any atom is 0.191 e. The third kappa shape index (κ3) is 5.37. The topological polar surface area (TPSA) is 44.6 Å². The molecular formula is C17H31N5. The second kappa shape index (κ2) is 8.83. The molecule has 0 aliphatic carbocycles. The number of aliphatic imine (C=N–C) groups is 1. The average Bonchev–Trinajstić information content (AvgIpc) is 3.04. The zero-order valence-corrected chi connectivity index (χ0v) is 14.3. The lowest BCUT2D eigenvalue weighted by Gasteiger charge is -2.35. The van der Waals surface area contributed by atoms with Crippen LogP contribution in [0.3, 0.4) is 0 Å². The first-order valence-electron chi connectivity index (χ1n) is 8.48. The van der Waals surface area contributed by atoms with Crippen LogP contribution >= 0.6 is 0 Å². The van der Waals surface area contributed by atoms with Crippen LogP contribution in [-0.4, -0.2) is 54.7 Å². The summed E-state index contributed by atoms with van der Waals surface area (Å²) in [5.74, 6) is 1.78. The van der Waals surface area contributed by atoms with Crippen LogP contribution < -0.4 is 10.6 Å². The van der Waals surface area contributed by atoms with Crippen molar-refractivity contribution >= 4 is 5.96 Å². The zero-order valence-electron chi connectivity index (χ0n) is 14.3. The number of rotatable bonds is 6. The van der Waals surface area contributed by atoms with Gasteiger partial charge in [0, 0.05) is 45.1 Å². The molecular weight excluding hydrogens is 274 g/mol. The Labute approximate surface area is 134 Å². The highest BCUT2D eigenvalue weighted by Crippen LogP contribution is 2.17. The standard InChI is InChI=1S/C17H31N5/c1-15-6-11-22(12-7-15)16(2)14-20-17(18-3)19-8-13-21-9-4-5-10-21/h4-5,9-10,15-16H,6-8,11-14H2,1-3H3,(H2,18,19,20). The van der Waals surface area contributed by atoms with E-state index < -0.39 is 0 Å². The predicted octanol–water partition coefficient (Wildman–Crippen LogP) is 1.77. The molecule has 1 aliphatic heterocycles. The number of aromatic nitrogens is 1. The molecule has 1 saturated heterocycles. The summed E-state index contributed by atoms with van der Waals surface area (Å²) in [5.41, 5.74) is 0. The fourth-order valence-electron chi connectivity index (χ4n) is 2.89. The molecule has 0 spiro atoms. The van der Waals surface area contributed by atoms with Crippen molar-refractivity contribution in [2.75, 3.05) is 33.2 Å². The van der Waals surface area contributed by atoms with E-state index in [1.54, 1.807) is 0 Å². The van der Waals surface area contributed by atoms with Gasteiger partial charge in [0.15, 0.2) is 5.96 Å². The maximum absolute atomic E-state index is 4.30. The fourth-order valence-corrected chi connectivity index (χ4v) is 2.89. The number of piperidine rings is 1. The lowest BCUT2D eigenvalue weighted by molar-refractivity contribution is 0.147. The van der Waals surface area contributed by atoms with E-state index >= 15 is 0 Å². The average molecular weight is 305 g/mol. The van der Waals surface area contributed by atoms with Crippen LogP contribution in [0.1, 0.15) is 26.7 Å². The molecule has 2 heterocycles. The van der Waals surface area contributed by atoms with Crippen LogP contribution in [0.25, 0.3) is 0 Å². The number of nitrogens with one attached hydrogen (secondary N) is 2. The van der Waals surface area contributed by atoms with Gasteiger partial charge in [-0.3, -0.25) is 9.89 Å². The largest absolute Gasteiger partial charge is 0.355 e. The highest BCUT2D eigenvalue weighted by molar-refractivity contribution is 5.79. The Kier molecular flexibility index (Phi) is 6.77. The molecule has 1 fully saturated rings. The third-order valence-electron chi connectivity index (χ3n) is 4.56. The first-order valence-corrected chi connectivity index (χ1v) is 8.48. The molecule has 0 radical (unpaired) electrons. The fraction of sp³-hybridized carbons (Fsp3) is 0.706. The van der Waals surface area contributed by atoms with Crippen molar-refractivity contribution < 1.29 is 0 Å². The molecule has 0 saturated carbocycles. The van der Waals surface area contributed by atoms with Crippen molar-refractivity contribution in [1.82, 2.24) is 20.1 Å². The van der Waals surface area contributed by atoms with Gasteiger partial charge in [0.1, 0.15) is 0 Å². The third-order valence-corrected chi connectivity index (χ3v) is 4.56. The molecule has 2 rings (SSSR count). The van der Waals surface area contributed by atoms with Gasteiger partial charge in [-0.05, 0) is 50.9 Å². The van der Waals surface area contributed by atoms with Crippen molar-refractivity contribution in [2.45, 2.75) is 39.3 Å². The number of likely N-dealkylation sites (tertiary alicyclic amines) is 1. The SMILES string of the molecule is CN=C(NCCn1cccc1)NCC(C)N1CCC(C)CC1. The summed E-state index contributed by atoms with van der Waals surface area (Å²) in [5, 5.41) is 6.82. The quantitative estimate of drug-likeness (QED) is 0.622. The molecule has 124 valence electrons. The van der Waals surface area contributed by atoms with Crippen LogP contribution in [0, 0.1) is 5.92 Å². The van der Waals surface area contributed by atoms with E-state index in [0.29, 0.717) is 6.04 Å². The highest BCUT2D eigenvalue weighted by atomic mass is 15.2. The van der Waals surface area contributed by atoms with Crippen LogP contribution in [-0.2, 0) is 6.54 Å². The van der Waals surface area contributed by atoms with E-state index in [9.17, 15) is 0 Å². The monoisotopic (exact) mass is 305 g/mol. The van der Waals surface area contributed by atoms with Crippen molar-refractivity contribution in [3.05, 3.63) is 24.5 Å². The summed E-state index contributed by atoms with van der Waals surface area (Å²) < 4.78 is 2.16. The molecule has 0 aromatic carbocycles. The molecule has 0 bridgehead atoms. The first kappa shape index (κ1) is 16.9. The van der Waals surface area contributed by atoms with Crippen molar-refractivity contribution in [2.24, 2.45) is 10.9 Å². The highest BCUT2D eigenvalue weighted by Gasteiger charge is 2.20. The molecule has 1 aromatic heterocycles. The van der Waals surface area contributed by atoms with Crippen molar-refractivity contribution in [1.29, 1.82) is 0 Å². The Morgan fingerprint density at radius 1 is 1.23 bits per heavy atom. The van der Waals surface area contributed by atoms with Gasteiger partial charge in [-0.15, -0.1) is 0 Å². The Balaban J connectivity index is 1.65. The predicted molar refractivity (Wildman–Crippen MR) is 93.2 cm³/mol. The minimum absolute atomic E-state index is 0.551. The second-order valence-corrected chi connectivity index (χ2v) is 6.37. The van der Waals surface area contributed by atoms with Gasteiger partial charge in [0.25, 0.3) is 0 Å². The van der Waals surface area contributed by atoms with E-state index in [1.165, 1.54) is 25.9 Å². The van der Waals surface area contributed by atoms with E-state index in [0.717, 1.165) is 31.5 Å². The Bertz CT molecular complexity index is 432. The maximum atomic E-state index is 4.30. The Hall–Kier alpha value is -1.49. The molecule has 1 aromatic rings. The summed E-state index contributed by atoms with van der Waals surface area (Å²) >= 11 is 0. The zero-order chi connectivity index (χ0) is 15.8. The summed E-state index contributed by atoms with van der Waals surface area (Å²) in [4.78, 5) is 6.89. The lowest BCUT2D eigenvalue weighted by Crippen LogP contribution is -2.48. The van der Waals surface area contributed by atoms with E-state index in [2.05, 4.69) is 51.3 Å². The normalized spacial score (nSPS) is 19.1. The summed E-state index contributed by atoms with van der Waals surface area (Å²) in [6.07, 6.45) is 6.82. The van der Waals surface area contributed by atoms with Crippen molar-refractivity contribution in [3.63, 3.8) is 0 Å². The van der Waals surface area contributed by atoms with Crippen LogP contribution in [0.15, 0.2) is 29.5 Å². The Morgan fingerprint density at radius 2 is 1.91 bits per heavy atom. The van der Waals surface area contributed by atoms with Gasteiger partial charge in [0.05, 0.1) is 0 Å². The summed E-state index contributed by atoms with van der Waals surface area (Å²) in [6.45, 7) is 9.88. The van der Waals surface area contributed by atoms with Gasteiger partial charge in [-0.1, -0.05) is 6.92 Å². The minimum Gasteiger partial charge on any atom is -0.355 e. The molecule has 1 unspecified atom stereocenters. The van der Waals surface area contributed by atoms with Crippen LogP contribution in [0.4, 0.5) is 0 Å². The number of hydrogen-bond donors (Lipinski definition) is 2. The lowest BCUT2D eigenvalue weighted by atomic mass is 9.98. The van der Waals surface area contributed by atoms with Crippen LogP contribution in [0.5, 0.6) is 0 Å².